The summed E-state index contributed by atoms with van der Waals surface area (Å²) in [4.78, 5) is 7.03. The molecule has 17 heavy (non-hydrogen) atoms. The Balaban J connectivity index is 1.68. The molecule has 4 nitrogen and oxygen atoms in total. The molecule has 3 rings (SSSR count). The van der Waals surface area contributed by atoms with Crippen LogP contribution in [0.5, 0.6) is 0 Å². The lowest BCUT2D eigenvalue weighted by atomic mass is 10.1. The Morgan fingerprint density at radius 2 is 2.12 bits per heavy atom. The second-order valence-electron chi connectivity index (χ2n) is 5.16. The van der Waals surface area contributed by atoms with Gasteiger partial charge in [-0.25, -0.2) is 4.98 Å². The molecule has 1 aromatic heterocycles. The largest absolute Gasteiger partial charge is 0.347 e. The highest BCUT2D eigenvalue weighted by molar-refractivity contribution is 7.09. The van der Waals surface area contributed by atoms with Gasteiger partial charge in [-0.1, -0.05) is 0 Å². The maximum atomic E-state index is 4.69. The van der Waals surface area contributed by atoms with E-state index < -0.39 is 0 Å². The van der Waals surface area contributed by atoms with Crippen molar-refractivity contribution in [2.24, 2.45) is 0 Å². The third-order valence-electron chi connectivity index (χ3n) is 3.77. The molecule has 1 aromatic rings. The molecule has 0 bridgehead atoms. The number of aromatic nitrogens is 2. The van der Waals surface area contributed by atoms with Crippen LogP contribution in [0, 0.1) is 0 Å². The standard InChI is InChI=1S/C12H20N4S/c1-16(10-3-2-7-13-8-6-10)12-14-11(15-17-12)9-4-5-9/h9-10,13H,2-8H2,1H3. The molecule has 1 aliphatic carbocycles. The Morgan fingerprint density at radius 1 is 1.24 bits per heavy atom. The molecule has 94 valence electrons. The van der Waals surface area contributed by atoms with Crippen molar-refractivity contribution in [3.05, 3.63) is 5.82 Å². The van der Waals surface area contributed by atoms with Crippen molar-refractivity contribution in [1.29, 1.82) is 0 Å². The first kappa shape index (κ1) is 11.4. The van der Waals surface area contributed by atoms with Gasteiger partial charge >= 0.3 is 0 Å². The van der Waals surface area contributed by atoms with Crippen molar-refractivity contribution in [2.45, 2.75) is 44.1 Å². The molecule has 5 heteroatoms. The average Bonchev–Trinajstić information content (AvgIpc) is 3.13. The zero-order valence-electron chi connectivity index (χ0n) is 10.4. The average molecular weight is 252 g/mol. The molecule has 1 aliphatic heterocycles. The minimum Gasteiger partial charge on any atom is -0.347 e. The Hall–Kier alpha value is -0.680. The molecular weight excluding hydrogens is 232 g/mol. The van der Waals surface area contributed by atoms with Crippen LogP contribution in [0.4, 0.5) is 5.13 Å². The van der Waals surface area contributed by atoms with E-state index in [2.05, 4.69) is 21.6 Å². The molecular formula is C12H20N4S. The molecule has 2 aliphatic rings. The van der Waals surface area contributed by atoms with E-state index in [4.69, 9.17) is 4.98 Å². The second-order valence-corrected chi connectivity index (χ2v) is 5.89. The molecule has 1 N–H and O–H groups in total. The zero-order valence-corrected chi connectivity index (χ0v) is 11.2. The normalized spacial score (nSPS) is 25.6. The summed E-state index contributed by atoms with van der Waals surface area (Å²) in [5.74, 6) is 1.76. The zero-order chi connectivity index (χ0) is 11.7. The molecule has 2 fully saturated rings. The highest BCUT2D eigenvalue weighted by Crippen LogP contribution is 2.39. The molecule has 1 atom stereocenters. The first-order chi connectivity index (χ1) is 8.34. The van der Waals surface area contributed by atoms with Crippen LogP contribution in [-0.4, -0.2) is 35.5 Å². The predicted molar refractivity (Wildman–Crippen MR) is 70.8 cm³/mol. The van der Waals surface area contributed by atoms with E-state index in [1.54, 1.807) is 11.5 Å². The fraction of sp³-hybridized carbons (Fsp3) is 0.833. The number of nitrogens with zero attached hydrogens (tertiary/aromatic N) is 3. The summed E-state index contributed by atoms with van der Waals surface area (Å²) in [5.41, 5.74) is 0. The third kappa shape index (κ3) is 2.60. The van der Waals surface area contributed by atoms with Crippen LogP contribution in [0.2, 0.25) is 0 Å². The number of rotatable bonds is 3. The van der Waals surface area contributed by atoms with Crippen LogP contribution in [0.15, 0.2) is 0 Å². The van der Waals surface area contributed by atoms with Gasteiger partial charge in [0.25, 0.3) is 0 Å². The lowest BCUT2D eigenvalue weighted by Crippen LogP contribution is -2.32. The van der Waals surface area contributed by atoms with E-state index in [0.29, 0.717) is 12.0 Å². The maximum absolute atomic E-state index is 4.69. The van der Waals surface area contributed by atoms with Crippen LogP contribution >= 0.6 is 11.5 Å². The monoisotopic (exact) mass is 252 g/mol. The molecule has 0 amide bonds. The Morgan fingerprint density at radius 3 is 2.94 bits per heavy atom. The van der Waals surface area contributed by atoms with Gasteiger partial charge in [-0.3, -0.25) is 0 Å². The maximum Gasteiger partial charge on any atom is 0.205 e. The van der Waals surface area contributed by atoms with E-state index in [-0.39, 0.29) is 0 Å². The van der Waals surface area contributed by atoms with Crippen LogP contribution in [0.1, 0.15) is 43.8 Å². The van der Waals surface area contributed by atoms with Crippen molar-refractivity contribution in [3.63, 3.8) is 0 Å². The van der Waals surface area contributed by atoms with E-state index in [1.807, 2.05) is 0 Å². The molecule has 0 radical (unpaired) electrons. The van der Waals surface area contributed by atoms with E-state index in [0.717, 1.165) is 24.0 Å². The van der Waals surface area contributed by atoms with Gasteiger partial charge in [-0.05, 0) is 45.2 Å². The van der Waals surface area contributed by atoms with Gasteiger partial charge in [0.15, 0.2) is 0 Å². The van der Waals surface area contributed by atoms with Gasteiger partial charge < -0.3 is 10.2 Å². The smallest absolute Gasteiger partial charge is 0.205 e. The second kappa shape index (κ2) is 4.90. The van der Waals surface area contributed by atoms with Crippen molar-refractivity contribution in [3.8, 4) is 0 Å². The summed E-state index contributed by atoms with van der Waals surface area (Å²) in [7, 11) is 2.17. The number of nitrogens with one attached hydrogen (secondary N) is 1. The van der Waals surface area contributed by atoms with E-state index >= 15 is 0 Å². The van der Waals surface area contributed by atoms with Gasteiger partial charge in [0.2, 0.25) is 5.13 Å². The highest BCUT2D eigenvalue weighted by Gasteiger charge is 2.29. The van der Waals surface area contributed by atoms with Gasteiger partial charge in [-0.2, -0.15) is 4.37 Å². The SMILES string of the molecule is CN(c1nc(C2CC2)ns1)C1CCCNCC1. The minimum atomic E-state index is 0.630. The molecule has 2 heterocycles. The van der Waals surface area contributed by atoms with Crippen molar-refractivity contribution < 1.29 is 0 Å². The molecule has 0 aromatic carbocycles. The van der Waals surface area contributed by atoms with Crippen LogP contribution in [0.3, 0.4) is 0 Å². The first-order valence-electron chi connectivity index (χ1n) is 6.62. The number of hydrogen-bond acceptors (Lipinski definition) is 5. The fourth-order valence-corrected chi connectivity index (χ4v) is 3.20. The summed E-state index contributed by atoms with van der Waals surface area (Å²) in [5, 5.41) is 4.57. The first-order valence-corrected chi connectivity index (χ1v) is 7.39. The lowest BCUT2D eigenvalue weighted by molar-refractivity contribution is 0.565. The summed E-state index contributed by atoms with van der Waals surface area (Å²) in [6.07, 6.45) is 6.32. The Kier molecular flexibility index (Phi) is 3.29. The van der Waals surface area contributed by atoms with Gasteiger partial charge in [0.1, 0.15) is 5.82 Å². The highest BCUT2D eigenvalue weighted by atomic mass is 32.1. The minimum absolute atomic E-state index is 0.630. The van der Waals surface area contributed by atoms with E-state index in [1.165, 1.54) is 32.1 Å². The van der Waals surface area contributed by atoms with Gasteiger partial charge in [-0.15, -0.1) is 0 Å². The summed E-state index contributed by atoms with van der Waals surface area (Å²) >= 11 is 1.57. The van der Waals surface area contributed by atoms with Gasteiger partial charge in [0.05, 0.1) is 0 Å². The number of anilines is 1. The summed E-state index contributed by atoms with van der Waals surface area (Å²) in [6.45, 7) is 2.29. The Bertz CT molecular complexity index is 366. The van der Waals surface area contributed by atoms with Crippen molar-refractivity contribution >= 4 is 16.7 Å². The Labute approximate surface area is 107 Å². The molecule has 1 saturated heterocycles. The van der Waals surface area contributed by atoms with Crippen LogP contribution in [0.25, 0.3) is 0 Å². The molecule has 1 saturated carbocycles. The van der Waals surface area contributed by atoms with Crippen molar-refractivity contribution in [2.75, 3.05) is 25.0 Å². The van der Waals surface area contributed by atoms with Crippen LogP contribution in [-0.2, 0) is 0 Å². The number of hydrogen-bond donors (Lipinski definition) is 1. The summed E-state index contributed by atoms with van der Waals surface area (Å²) < 4.78 is 4.49. The van der Waals surface area contributed by atoms with Crippen molar-refractivity contribution in [1.82, 2.24) is 14.7 Å². The topological polar surface area (TPSA) is 41.1 Å². The molecule has 1 unspecified atom stereocenters. The predicted octanol–water partition coefficient (Wildman–Crippen LogP) is 1.99. The van der Waals surface area contributed by atoms with Gasteiger partial charge in [0, 0.05) is 30.5 Å². The summed E-state index contributed by atoms with van der Waals surface area (Å²) in [6, 6.07) is 0.630. The lowest BCUT2D eigenvalue weighted by Gasteiger charge is -2.25. The van der Waals surface area contributed by atoms with Crippen LogP contribution < -0.4 is 10.2 Å². The quantitative estimate of drug-likeness (QED) is 0.893. The van der Waals surface area contributed by atoms with E-state index in [9.17, 15) is 0 Å². The molecule has 0 spiro atoms. The third-order valence-corrected chi connectivity index (χ3v) is 4.59. The fourth-order valence-electron chi connectivity index (χ4n) is 2.42.